The lowest BCUT2D eigenvalue weighted by Gasteiger charge is -2.71. The number of aliphatic hydroxyl groups is 3. The first-order valence-electron chi connectivity index (χ1n) is 14.0. The Hall–Kier alpha value is -0.910. The Morgan fingerprint density at radius 1 is 0.943 bits per heavy atom. The molecule has 4 fully saturated rings. The van der Waals surface area contributed by atoms with Gasteiger partial charge in [-0.1, -0.05) is 53.2 Å². The molecule has 0 unspecified atom stereocenters. The van der Waals surface area contributed by atoms with Crippen molar-refractivity contribution >= 4 is 5.97 Å². The third kappa shape index (κ3) is 3.07. The van der Waals surface area contributed by atoms with Crippen LogP contribution in [0.4, 0.5) is 0 Å². The highest BCUT2D eigenvalue weighted by molar-refractivity contribution is 5.76. The van der Waals surface area contributed by atoms with Crippen molar-refractivity contribution in [1.29, 1.82) is 0 Å². The molecule has 5 rings (SSSR count). The third-order valence-corrected chi connectivity index (χ3v) is 13.3. The van der Waals surface area contributed by atoms with Gasteiger partial charge in [-0.3, -0.25) is 4.79 Å². The number of allylic oxidation sites excluding steroid dienone is 2. The summed E-state index contributed by atoms with van der Waals surface area (Å²) in [4.78, 5) is 12.8. The average Bonchev–Trinajstić information content (AvgIpc) is 2.78. The van der Waals surface area contributed by atoms with E-state index in [1.54, 1.807) is 0 Å². The molecule has 0 saturated heterocycles. The lowest BCUT2D eigenvalue weighted by atomic mass is 9.33. The molecule has 0 spiro atoms. The molecule has 0 aromatic heterocycles. The Labute approximate surface area is 211 Å². The number of rotatable bonds is 2. The minimum atomic E-state index is -0.711. The Morgan fingerprint density at radius 3 is 2.23 bits per heavy atom. The van der Waals surface area contributed by atoms with Crippen molar-refractivity contribution in [3.05, 3.63) is 11.6 Å². The van der Waals surface area contributed by atoms with Gasteiger partial charge in [0.1, 0.15) is 0 Å². The summed E-state index contributed by atoms with van der Waals surface area (Å²) in [5.41, 5.74) is -0.0781. The minimum absolute atomic E-state index is 0.0121. The van der Waals surface area contributed by atoms with Crippen molar-refractivity contribution in [2.75, 3.05) is 6.61 Å². The van der Waals surface area contributed by atoms with Gasteiger partial charge in [-0.15, -0.1) is 0 Å². The maximum Gasteiger partial charge on any atom is 0.310 e. The maximum atomic E-state index is 12.8. The fraction of sp³-hybridized carbons (Fsp3) is 0.900. The summed E-state index contributed by atoms with van der Waals surface area (Å²) in [6, 6.07) is 0. The van der Waals surface area contributed by atoms with Crippen LogP contribution in [-0.2, 0) is 4.79 Å². The number of carboxylic acids is 1. The Morgan fingerprint density at radius 2 is 1.60 bits per heavy atom. The van der Waals surface area contributed by atoms with E-state index in [0.29, 0.717) is 31.1 Å². The van der Waals surface area contributed by atoms with Crippen LogP contribution >= 0.6 is 0 Å². The second-order valence-corrected chi connectivity index (χ2v) is 15.0. The summed E-state index contributed by atoms with van der Waals surface area (Å²) in [7, 11) is 0. The van der Waals surface area contributed by atoms with Crippen LogP contribution in [0.25, 0.3) is 0 Å². The molecule has 4 saturated carbocycles. The van der Waals surface area contributed by atoms with Gasteiger partial charge >= 0.3 is 5.97 Å². The van der Waals surface area contributed by atoms with E-state index >= 15 is 0 Å². The molecule has 5 nitrogen and oxygen atoms in total. The molecule has 5 aliphatic carbocycles. The molecule has 0 aromatic rings. The minimum Gasteiger partial charge on any atom is -0.481 e. The Bertz CT molecular complexity index is 941. The second-order valence-electron chi connectivity index (χ2n) is 15.0. The molecule has 10 atom stereocenters. The fourth-order valence-corrected chi connectivity index (χ4v) is 10.8. The zero-order chi connectivity index (χ0) is 25.8. The van der Waals surface area contributed by atoms with E-state index in [4.69, 9.17) is 0 Å². The number of carboxylic acid groups (broad SMARTS) is 1. The number of aliphatic hydroxyl groups excluding tert-OH is 3. The standard InChI is InChI=1S/C30H48O5/c1-25(2)21-9-10-29(6)22(27(21,4)16-20(32)23(25)33)8-7-18-19-15-26(3,17-31)11-13-30(19,24(34)35)14-12-28(18,29)5/h7,19-23,31-33H,8-17H2,1-6H3,(H,34,35)/t19-,20-,21-,22+,23-,26-,27-,28+,29+,30-/m0/s1. The molecule has 5 aliphatic rings. The van der Waals surface area contributed by atoms with Crippen LogP contribution in [0.2, 0.25) is 0 Å². The number of aliphatic carboxylic acids is 1. The zero-order valence-electron chi connectivity index (χ0n) is 22.7. The highest BCUT2D eigenvalue weighted by Crippen LogP contribution is 2.75. The van der Waals surface area contributed by atoms with E-state index in [-0.39, 0.29) is 39.6 Å². The quantitative estimate of drug-likeness (QED) is 0.402. The van der Waals surface area contributed by atoms with Crippen molar-refractivity contribution in [2.24, 2.45) is 50.2 Å². The van der Waals surface area contributed by atoms with Crippen molar-refractivity contribution in [2.45, 2.75) is 112 Å². The molecule has 0 heterocycles. The van der Waals surface area contributed by atoms with Gasteiger partial charge in [-0.25, -0.2) is 0 Å². The number of hydrogen-bond acceptors (Lipinski definition) is 4. The third-order valence-electron chi connectivity index (χ3n) is 13.3. The van der Waals surface area contributed by atoms with Gasteiger partial charge in [0.05, 0.1) is 17.6 Å². The summed E-state index contributed by atoms with van der Waals surface area (Å²) < 4.78 is 0. The summed E-state index contributed by atoms with van der Waals surface area (Å²) in [6.45, 7) is 13.7. The highest BCUT2D eigenvalue weighted by atomic mass is 16.4. The first-order chi connectivity index (χ1) is 16.1. The smallest absolute Gasteiger partial charge is 0.310 e. The molecule has 0 amide bonds. The molecule has 0 radical (unpaired) electrons. The second kappa shape index (κ2) is 7.57. The van der Waals surface area contributed by atoms with E-state index in [2.05, 4.69) is 47.6 Å². The Balaban J connectivity index is 1.60. The van der Waals surface area contributed by atoms with E-state index in [1.165, 1.54) is 5.57 Å². The molecule has 5 heteroatoms. The van der Waals surface area contributed by atoms with Gasteiger partial charge in [0.25, 0.3) is 0 Å². The zero-order valence-corrected chi connectivity index (χ0v) is 22.7. The van der Waals surface area contributed by atoms with Crippen LogP contribution in [0.3, 0.4) is 0 Å². The molecule has 35 heavy (non-hydrogen) atoms. The van der Waals surface area contributed by atoms with E-state index in [1.807, 2.05) is 0 Å². The average molecular weight is 489 g/mol. The molecule has 0 aromatic carbocycles. The number of fused-ring (bicyclic) bond motifs is 7. The summed E-state index contributed by atoms with van der Waals surface area (Å²) in [5, 5.41) is 42.6. The molecule has 4 N–H and O–H groups in total. The van der Waals surface area contributed by atoms with Crippen LogP contribution < -0.4 is 0 Å². The molecule has 0 aliphatic heterocycles. The maximum absolute atomic E-state index is 12.8. The molecular formula is C30H48O5. The van der Waals surface area contributed by atoms with Crippen molar-refractivity contribution in [3.8, 4) is 0 Å². The van der Waals surface area contributed by atoms with Crippen LogP contribution in [0.1, 0.15) is 99.3 Å². The SMILES string of the molecule is CC1(C)[C@@H](O)[C@@H](O)C[C@]2(C)[C@H]3CC=C4[C@@H]5C[C@@](C)(CO)CC[C@]5(C(=O)O)CC[C@@]4(C)[C@]3(C)CC[C@@H]12. The molecule has 198 valence electrons. The summed E-state index contributed by atoms with van der Waals surface area (Å²) in [5.74, 6) is 0.0517. The number of hydrogen-bond donors (Lipinski definition) is 4. The Kier molecular flexibility index (Phi) is 5.56. The summed E-state index contributed by atoms with van der Waals surface area (Å²) >= 11 is 0. The first kappa shape index (κ1) is 25.7. The topological polar surface area (TPSA) is 98.0 Å². The van der Waals surface area contributed by atoms with Crippen molar-refractivity contribution in [3.63, 3.8) is 0 Å². The van der Waals surface area contributed by atoms with Crippen LogP contribution in [0.15, 0.2) is 11.6 Å². The van der Waals surface area contributed by atoms with Gasteiger partial charge in [-0.2, -0.15) is 0 Å². The lowest BCUT2D eigenvalue weighted by Crippen LogP contribution is -2.67. The van der Waals surface area contributed by atoms with Gasteiger partial charge in [-0.05, 0) is 103 Å². The van der Waals surface area contributed by atoms with Gasteiger partial charge in [0.2, 0.25) is 0 Å². The fourth-order valence-electron chi connectivity index (χ4n) is 10.8. The summed E-state index contributed by atoms with van der Waals surface area (Å²) in [6.07, 6.45) is 8.42. The lowest BCUT2D eigenvalue weighted by molar-refractivity contribution is -0.232. The van der Waals surface area contributed by atoms with E-state index < -0.39 is 23.6 Å². The molecular weight excluding hydrogens is 440 g/mol. The van der Waals surface area contributed by atoms with Crippen LogP contribution in [0.5, 0.6) is 0 Å². The van der Waals surface area contributed by atoms with Crippen molar-refractivity contribution < 1.29 is 25.2 Å². The van der Waals surface area contributed by atoms with Gasteiger partial charge in [0, 0.05) is 6.61 Å². The van der Waals surface area contributed by atoms with Gasteiger partial charge in [0.15, 0.2) is 0 Å². The monoisotopic (exact) mass is 488 g/mol. The molecule has 0 bridgehead atoms. The van der Waals surface area contributed by atoms with E-state index in [9.17, 15) is 25.2 Å². The van der Waals surface area contributed by atoms with Crippen LogP contribution in [-0.4, -0.2) is 45.2 Å². The van der Waals surface area contributed by atoms with E-state index in [0.717, 1.165) is 38.5 Å². The van der Waals surface area contributed by atoms with Crippen molar-refractivity contribution in [1.82, 2.24) is 0 Å². The van der Waals surface area contributed by atoms with Crippen LogP contribution in [0, 0.1) is 50.2 Å². The highest BCUT2D eigenvalue weighted by Gasteiger charge is 2.70. The normalized spacial score (nSPS) is 55.0. The predicted molar refractivity (Wildman–Crippen MR) is 135 cm³/mol. The largest absolute Gasteiger partial charge is 0.481 e. The first-order valence-corrected chi connectivity index (χ1v) is 14.0. The predicted octanol–water partition coefficient (Wildman–Crippen LogP) is 5.18. The number of carbonyl (C=O) groups is 1. The van der Waals surface area contributed by atoms with Gasteiger partial charge < -0.3 is 20.4 Å².